The van der Waals surface area contributed by atoms with Crippen LogP contribution in [0.3, 0.4) is 0 Å². The molecule has 0 spiro atoms. The van der Waals surface area contributed by atoms with Gasteiger partial charge in [0.05, 0.1) is 38.8 Å². The van der Waals surface area contributed by atoms with Gasteiger partial charge in [0.25, 0.3) is 0 Å². The van der Waals surface area contributed by atoms with Crippen LogP contribution in [0.4, 0.5) is 0 Å². The molecular formula is C12H16O5. The number of rotatable bonds is 5. The largest absolute Gasteiger partial charge is 0.472 e. The third-order valence-electron chi connectivity index (χ3n) is 2.68. The van der Waals surface area contributed by atoms with Gasteiger partial charge in [0.1, 0.15) is 0 Å². The lowest BCUT2D eigenvalue weighted by molar-refractivity contribution is -0.177. The molecule has 1 fully saturated rings. The van der Waals surface area contributed by atoms with Gasteiger partial charge in [-0.2, -0.15) is 0 Å². The Hall–Kier alpha value is -1.33. The number of esters is 1. The SMILES string of the molecule is CCOC(=O)CCC1(c2ccoc2)OCCO1. The van der Waals surface area contributed by atoms with Crippen LogP contribution in [0.25, 0.3) is 0 Å². The average molecular weight is 240 g/mol. The summed E-state index contributed by atoms with van der Waals surface area (Å²) in [5.41, 5.74) is 0.805. The highest BCUT2D eigenvalue weighted by Crippen LogP contribution is 2.36. The fourth-order valence-corrected chi connectivity index (χ4v) is 1.89. The smallest absolute Gasteiger partial charge is 0.305 e. The molecule has 1 aromatic rings. The van der Waals surface area contributed by atoms with E-state index in [1.165, 1.54) is 0 Å². The molecule has 0 unspecified atom stereocenters. The summed E-state index contributed by atoms with van der Waals surface area (Å²) in [6, 6.07) is 1.79. The van der Waals surface area contributed by atoms with Crippen molar-refractivity contribution in [2.75, 3.05) is 19.8 Å². The first kappa shape index (κ1) is 12.1. The van der Waals surface area contributed by atoms with Crippen LogP contribution in [0.5, 0.6) is 0 Å². The second-order valence-electron chi connectivity index (χ2n) is 3.77. The molecule has 0 bridgehead atoms. The second kappa shape index (κ2) is 5.33. The third kappa shape index (κ3) is 2.68. The molecule has 17 heavy (non-hydrogen) atoms. The van der Waals surface area contributed by atoms with Crippen LogP contribution in [-0.4, -0.2) is 25.8 Å². The van der Waals surface area contributed by atoms with Gasteiger partial charge in [-0.1, -0.05) is 0 Å². The minimum Gasteiger partial charge on any atom is -0.472 e. The lowest BCUT2D eigenvalue weighted by Crippen LogP contribution is -2.27. The summed E-state index contributed by atoms with van der Waals surface area (Å²) < 4.78 is 21.2. The fourth-order valence-electron chi connectivity index (χ4n) is 1.89. The average Bonchev–Trinajstić information content (AvgIpc) is 2.98. The highest BCUT2D eigenvalue weighted by atomic mass is 16.7. The molecule has 2 heterocycles. The van der Waals surface area contributed by atoms with E-state index in [1.54, 1.807) is 25.5 Å². The molecule has 0 atom stereocenters. The van der Waals surface area contributed by atoms with E-state index in [1.807, 2.05) is 0 Å². The monoisotopic (exact) mass is 240 g/mol. The van der Waals surface area contributed by atoms with Crippen molar-refractivity contribution in [3.8, 4) is 0 Å². The lowest BCUT2D eigenvalue weighted by atomic mass is 10.0. The predicted octanol–water partition coefficient (Wildman–Crippen LogP) is 1.82. The van der Waals surface area contributed by atoms with E-state index in [2.05, 4.69) is 0 Å². The number of carbonyl (C=O) groups is 1. The number of hydrogen-bond acceptors (Lipinski definition) is 5. The zero-order valence-electron chi connectivity index (χ0n) is 9.81. The van der Waals surface area contributed by atoms with Crippen LogP contribution in [0.15, 0.2) is 23.0 Å². The minimum atomic E-state index is -0.847. The van der Waals surface area contributed by atoms with Crippen molar-refractivity contribution in [3.63, 3.8) is 0 Å². The Labute approximate surface area is 99.6 Å². The van der Waals surface area contributed by atoms with E-state index < -0.39 is 5.79 Å². The molecule has 0 aromatic carbocycles. The topological polar surface area (TPSA) is 57.9 Å². The Morgan fingerprint density at radius 1 is 1.47 bits per heavy atom. The minimum absolute atomic E-state index is 0.241. The van der Waals surface area contributed by atoms with Crippen LogP contribution < -0.4 is 0 Å². The molecule has 0 radical (unpaired) electrons. The third-order valence-corrected chi connectivity index (χ3v) is 2.68. The van der Waals surface area contributed by atoms with E-state index in [4.69, 9.17) is 18.6 Å². The molecule has 1 aliphatic rings. The van der Waals surface area contributed by atoms with Gasteiger partial charge in [0, 0.05) is 12.0 Å². The first-order chi connectivity index (χ1) is 8.27. The van der Waals surface area contributed by atoms with Crippen LogP contribution in [0.1, 0.15) is 25.3 Å². The first-order valence-electron chi connectivity index (χ1n) is 5.73. The van der Waals surface area contributed by atoms with Crippen LogP contribution in [0, 0.1) is 0 Å². The second-order valence-corrected chi connectivity index (χ2v) is 3.77. The van der Waals surface area contributed by atoms with Crippen LogP contribution in [0.2, 0.25) is 0 Å². The molecule has 0 saturated carbocycles. The summed E-state index contributed by atoms with van der Waals surface area (Å²) in [6.45, 7) is 3.22. The van der Waals surface area contributed by atoms with Crippen molar-refractivity contribution in [2.45, 2.75) is 25.6 Å². The maximum Gasteiger partial charge on any atom is 0.305 e. The Kier molecular flexibility index (Phi) is 3.81. The predicted molar refractivity (Wildman–Crippen MR) is 58.2 cm³/mol. The maximum absolute atomic E-state index is 11.4. The van der Waals surface area contributed by atoms with E-state index in [-0.39, 0.29) is 12.4 Å². The Bertz CT molecular complexity index is 351. The van der Waals surface area contributed by atoms with Gasteiger partial charge < -0.3 is 18.6 Å². The van der Waals surface area contributed by atoms with Crippen molar-refractivity contribution < 1.29 is 23.4 Å². The van der Waals surface area contributed by atoms with Crippen molar-refractivity contribution >= 4 is 5.97 Å². The molecular weight excluding hydrogens is 224 g/mol. The van der Waals surface area contributed by atoms with Gasteiger partial charge in [0.15, 0.2) is 5.79 Å². The molecule has 2 rings (SSSR count). The molecule has 0 amide bonds. The first-order valence-corrected chi connectivity index (χ1v) is 5.73. The molecule has 94 valence electrons. The molecule has 0 aliphatic carbocycles. The molecule has 0 N–H and O–H groups in total. The summed E-state index contributed by atoms with van der Waals surface area (Å²) in [5.74, 6) is -1.09. The lowest BCUT2D eigenvalue weighted by Gasteiger charge is -2.25. The quantitative estimate of drug-likeness (QED) is 0.735. The normalized spacial score (nSPS) is 18.2. The number of carbonyl (C=O) groups excluding carboxylic acids is 1. The van der Waals surface area contributed by atoms with Gasteiger partial charge in [-0.05, 0) is 13.0 Å². The zero-order valence-corrected chi connectivity index (χ0v) is 9.81. The summed E-state index contributed by atoms with van der Waals surface area (Å²) in [6.07, 6.45) is 3.84. The zero-order chi connectivity index (χ0) is 12.1. The highest BCUT2D eigenvalue weighted by Gasteiger charge is 2.39. The maximum atomic E-state index is 11.4. The molecule has 1 aliphatic heterocycles. The van der Waals surface area contributed by atoms with Crippen molar-refractivity contribution in [3.05, 3.63) is 24.2 Å². The number of ether oxygens (including phenoxy) is 3. The van der Waals surface area contributed by atoms with Crippen molar-refractivity contribution in [2.24, 2.45) is 0 Å². The Morgan fingerprint density at radius 2 is 2.24 bits per heavy atom. The van der Waals surface area contributed by atoms with E-state index in [9.17, 15) is 4.79 Å². The Morgan fingerprint density at radius 3 is 2.82 bits per heavy atom. The molecule has 5 heteroatoms. The fraction of sp³-hybridized carbons (Fsp3) is 0.583. The van der Waals surface area contributed by atoms with Crippen LogP contribution in [-0.2, 0) is 24.8 Å². The van der Waals surface area contributed by atoms with Gasteiger partial charge in [0.2, 0.25) is 0 Å². The van der Waals surface area contributed by atoms with Crippen molar-refractivity contribution in [1.82, 2.24) is 0 Å². The van der Waals surface area contributed by atoms with E-state index in [0.29, 0.717) is 26.2 Å². The Balaban J connectivity index is 2.01. The van der Waals surface area contributed by atoms with Gasteiger partial charge in [-0.25, -0.2) is 0 Å². The van der Waals surface area contributed by atoms with Gasteiger partial charge >= 0.3 is 5.97 Å². The summed E-state index contributed by atoms with van der Waals surface area (Å²) in [4.78, 5) is 11.4. The molecule has 1 aromatic heterocycles. The highest BCUT2D eigenvalue weighted by molar-refractivity contribution is 5.69. The van der Waals surface area contributed by atoms with E-state index >= 15 is 0 Å². The molecule has 1 saturated heterocycles. The standard InChI is InChI=1S/C12H16O5/c1-2-15-11(13)3-5-12(16-7-8-17-12)10-4-6-14-9-10/h4,6,9H,2-3,5,7-8H2,1H3. The van der Waals surface area contributed by atoms with Crippen molar-refractivity contribution in [1.29, 1.82) is 0 Å². The number of furan rings is 1. The van der Waals surface area contributed by atoms with Gasteiger partial charge in [-0.15, -0.1) is 0 Å². The van der Waals surface area contributed by atoms with Gasteiger partial charge in [-0.3, -0.25) is 4.79 Å². The number of hydrogen-bond donors (Lipinski definition) is 0. The van der Waals surface area contributed by atoms with Crippen LogP contribution >= 0.6 is 0 Å². The summed E-state index contributed by atoms with van der Waals surface area (Å²) in [5, 5.41) is 0. The molecule has 5 nitrogen and oxygen atoms in total. The van der Waals surface area contributed by atoms with E-state index in [0.717, 1.165) is 5.56 Å². The summed E-state index contributed by atoms with van der Waals surface area (Å²) in [7, 11) is 0. The summed E-state index contributed by atoms with van der Waals surface area (Å²) >= 11 is 0.